The third-order valence-electron chi connectivity index (χ3n) is 4.21. The van der Waals surface area contributed by atoms with Crippen LogP contribution in [0, 0.1) is 0 Å². The molecule has 2 aromatic heterocycles. The number of aromatic nitrogens is 4. The van der Waals surface area contributed by atoms with Gasteiger partial charge in [0.2, 0.25) is 5.95 Å². The first-order chi connectivity index (χ1) is 14.7. The molecule has 2 aromatic carbocycles. The SMILES string of the molecule is CONc1cnc(Nc2cnn(-c3ccccc3)c2)nc1Nc1ccc(OC)cc1. The quantitative estimate of drug-likeness (QED) is 0.378. The van der Waals surface area contributed by atoms with E-state index in [0.29, 0.717) is 17.5 Å². The van der Waals surface area contributed by atoms with Crippen LogP contribution in [-0.2, 0) is 4.84 Å². The van der Waals surface area contributed by atoms with Crippen LogP contribution in [0.25, 0.3) is 5.69 Å². The van der Waals surface area contributed by atoms with E-state index >= 15 is 0 Å². The van der Waals surface area contributed by atoms with E-state index < -0.39 is 0 Å². The summed E-state index contributed by atoms with van der Waals surface area (Å²) >= 11 is 0. The number of benzene rings is 2. The smallest absolute Gasteiger partial charge is 0.229 e. The van der Waals surface area contributed by atoms with Gasteiger partial charge in [-0.1, -0.05) is 18.2 Å². The van der Waals surface area contributed by atoms with E-state index in [9.17, 15) is 0 Å². The summed E-state index contributed by atoms with van der Waals surface area (Å²) in [6.45, 7) is 0. The van der Waals surface area contributed by atoms with Crippen molar-refractivity contribution < 1.29 is 9.57 Å². The number of hydrogen-bond acceptors (Lipinski definition) is 8. The van der Waals surface area contributed by atoms with Crippen molar-refractivity contribution in [1.29, 1.82) is 0 Å². The lowest BCUT2D eigenvalue weighted by Gasteiger charge is -2.13. The van der Waals surface area contributed by atoms with Crippen molar-refractivity contribution in [2.75, 3.05) is 30.3 Å². The van der Waals surface area contributed by atoms with E-state index in [4.69, 9.17) is 9.57 Å². The van der Waals surface area contributed by atoms with Gasteiger partial charge in [0.15, 0.2) is 5.82 Å². The monoisotopic (exact) mass is 403 g/mol. The molecule has 2 heterocycles. The lowest BCUT2D eigenvalue weighted by molar-refractivity contribution is 0.271. The topological polar surface area (TPSA) is 98.2 Å². The zero-order valence-electron chi connectivity index (χ0n) is 16.5. The summed E-state index contributed by atoms with van der Waals surface area (Å²) < 4.78 is 6.97. The van der Waals surface area contributed by atoms with Crippen LogP contribution in [0.3, 0.4) is 0 Å². The number of ether oxygens (including phenoxy) is 1. The van der Waals surface area contributed by atoms with Crippen LogP contribution in [0.4, 0.5) is 28.8 Å². The van der Waals surface area contributed by atoms with Crippen LogP contribution in [0.2, 0.25) is 0 Å². The second-order valence-corrected chi connectivity index (χ2v) is 6.25. The van der Waals surface area contributed by atoms with Crippen molar-refractivity contribution in [3.05, 3.63) is 73.2 Å². The van der Waals surface area contributed by atoms with Crippen LogP contribution >= 0.6 is 0 Å². The molecule has 0 spiro atoms. The molecule has 0 saturated heterocycles. The molecule has 152 valence electrons. The molecule has 0 saturated carbocycles. The maximum atomic E-state index is 5.20. The van der Waals surface area contributed by atoms with E-state index in [1.165, 1.54) is 7.11 Å². The van der Waals surface area contributed by atoms with Gasteiger partial charge in [0.05, 0.1) is 44.2 Å². The maximum absolute atomic E-state index is 5.20. The van der Waals surface area contributed by atoms with Crippen LogP contribution in [0.5, 0.6) is 5.75 Å². The fraction of sp³-hybridized carbons (Fsp3) is 0.0952. The Morgan fingerprint density at radius 3 is 2.40 bits per heavy atom. The Hall–Kier alpha value is -4.11. The molecule has 0 fully saturated rings. The first-order valence-corrected chi connectivity index (χ1v) is 9.19. The fourth-order valence-electron chi connectivity index (χ4n) is 2.77. The third kappa shape index (κ3) is 4.47. The Balaban J connectivity index is 1.55. The van der Waals surface area contributed by atoms with Gasteiger partial charge in [0.25, 0.3) is 0 Å². The highest BCUT2D eigenvalue weighted by molar-refractivity contribution is 5.71. The molecule has 4 rings (SSSR count). The first-order valence-electron chi connectivity index (χ1n) is 9.19. The highest BCUT2D eigenvalue weighted by Gasteiger charge is 2.10. The van der Waals surface area contributed by atoms with Gasteiger partial charge in [0, 0.05) is 5.69 Å². The van der Waals surface area contributed by atoms with Gasteiger partial charge in [-0.05, 0) is 36.4 Å². The molecule has 0 aliphatic carbocycles. The molecule has 0 aliphatic heterocycles. The van der Waals surface area contributed by atoms with Gasteiger partial charge in [-0.15, -0.1) is 0 Å². The van der Waals surface area contributed by atoms with E-state index in [0.717, 1.165) is 22.8 Å². The number of nitrogens with zero attached hydrogens (tertiary/aromatic N) is 4. The molecule has 4 aromatic rings. The predicted molar refractivity (Wildman–Crippen MR) is 116 cm³/mol. The fourth-order valence-corrected chi connectivity index (χ4v) is 2.77. The van der Waals surface area contributed by atoms with Crippen molar-refractivity contribution in [3.8, 4) is 11.4 Å². The molecule has 0 radical (unpaired) electrons. The molecule has 30 heavy (non-hydrogen) atoms. The third-order valence-corrected chi connectivity index (χ3v) is 4.21. The van der Waals surface area contributed by atoms with E-state index in [2.05, 4.69) is 31.2 Å². The lowest BCUT2D eigenvalue weighted by atomic mass is 10.3. The molecule has 3 N–H and O–H groups in total. The average molecular weight is 403 g/mol. The molecule has 0 atom stereocenters. The zero-order valence-corrected chi connectivity index (χ0v) is 16.5. The summed E-state index contributed by atoms with van der Waals surface area (Å²) in [7, 11) is 3.16. The number of para-hydroxylation sites is 1. The molecule has 0 aliphatic rings. The number of rotatable bonds is 8. The Bertz CT molecular complexity index is 1100. The standard InChI is InChI=1S/C21H21N7O2/c1-29-18-10-8-15(9-11-18)24-20-19(27-30-2)13-22-21(26-20)25-16-12-23-28(14-16)17-6-4-3-5-7-17/h3-14,27H,1-2H3,(H2,22,24,25,26). The highest BCUT2D eigenvalue weighted by Crippen LogP contribution is 2.26. The van der Waals surface area contributed by atoms with Gasteiger partial charge in [-0.2, -0.15) is 10.1 Å². The normalized spacial score (nSPS) is 10.5. The van der Waals surface area contributed by atoms with Crippen molar-refractivity contribution in [3.63, 3.8) is 0 Å². The number of anilines is 5. The van der Waals surface area contributed by atoms with Crippen molar-refractivity contribution >= 4 is 28.8 Å². The molecule has 9 heteroatoms. The molecule has 9 nitrogen and oxygen atoms in total. The largest absolute Gasteiger partial charge is 0.497 e. The molecule has 0 bridgehead atoms. The van der Waals surface area contributed by atoms with Crippen LogP contribution in [-0.4, -0.2) is 34.0 Å². The second kappa shape index (κ2) is 8.93. The maximum Gasteiger partial charge on any atom is 0.229 e. The Kier molecular flexibility index (Phi) is 5.72. The second-order valence-electron chi connectivity index (χ2n) is 6.25. The van der Waals surface area contributed by atoms with Crippen molar-refractivity contribution in [2.24, 2.45) is 0 Å². The van der Waals surface area contributed by atoms with E-state index in [-0.39, 0.29) is 0 Å². The lowest BCUT2D eigenvalue weighted by Crippen LogP contribution is -2.06. The zero-order chi connectivity index (χ0) is 20.8. The summed E-state index contributed by atoms with van der Waals surface area (Å²) in [6, 6.07) is 17.4. The van der Waals surface area contributed by atoms with Crippen LogP contribution in [0.1, 0.15) is 0 Å². The van der Waals surface area contributed by atoms with Crippen molar-refractivity contribution in [2.45, 2.75) is 0 Å². The number of methoxy groups -OCH3 is 1. The van der Waals surface area contributed by atoms with Gasteiger partial charge in [-0.3, -0.25) is 10.3 Å². The van der Waals surface area contributed by atoms with Crippen LogP contribution < -0.4 is 20.9 Å². The number of hydrogen-bond donors (Lipinski definition) is 3. The summed E-state index contributed by atoms with van der Waals surface area (Å²) in [5, 5.41) is 10.8. The number of nitrogens with one attached hydrogen (secondary N) is 3. The summed E-state index contributed by atoms with van der Waals surface area (Å²) in [5.74, 6) is 1.74. The minimum atomic E-state index is 0.417. The Labute approximate surface area is 173 Å². The molecule has 0 amide bonds. The summed E-state index contributed by atoms with van der Waals surface area (Å²) in [6.07, 6.45) is 5.22. The summed E-state index contributed by atoms with van der Waals surface area (Å²) in [4.78, 5) is 13.9. The Morgan fingerprint density at radius 1 is 0.867 bits per heavy atom. The average Bonchev–Trinajstić information content (AvgIpc) is 3.25. The van der Waals surface area contributed by atoms with Gasteiger partial charge < -0.3 is 15.4 Å². The Morgan fingerprint density at radius 2 is 1.67 bits per heavy atom. The van der Waals surface area contributed by atoms with E-state index in [1.807, 2.05) is 60.8 Å². The summed E-state index contributed by atoms with van der Waals surface area (Å²) in [5.41, 5.74) is 5.95. The minimum absolute atomic E-state index is 0.417. The molecular formula is C21H21N7O2. The first kappa shape index (κ1) is 19.2. The minimum Gasteiger partial charge on any atom is -0.497 e. The van der Waals surface area contributed by atoms with Gasteiger partial charge >= 0.3 is 0 Å². The highest BCUT2D eigenvalue weighted by atomic mass is 16.6. The predicted octanol–water partition coefficient (Wildman–Crippen LogP) is 4.13. The molecular weight excluding hydrogens is 382 g/mol. The van der Waals surface area contributed by atoms with Crippen LogP contribution in [0.15, 0.2) is 73.2 Å². The van der Waals surface area contributed by atoms with Crippen molar-refractivity contribution in [1.82, 2.24) is 19.7 Å². The van der Waals surface area contributed by atoms with Gasteiger partial charge in [0.1, 0.15) is 11.4 Å². The molecule has 0 unspecified atom stereocenters. The van der Waals surface area contributed by atoms with E-state index in [1.54, 1.807) is 24.2 Å². The van der Waals surface area contributed by atoms with Gasteiger partial charge in [-0.25, -0.2) is 9.67 Å².